The quantitative estimate of drug-likeness (QED) is 0.751. The van der Waals surface area contributed by atoms with Crippen molar-refractivity contribution in [3.8, 4) is 0 Å². The number of nitrogens with two attached hydrogens (primary N) is 1. The van der Waals surface area contributed by atoms with Crippen LogP contribution in [0, 0.1) is 0 Å². The van der Waals surface area contributed by atoms with Gasteiger partial charge in [0.2, 0.25) is 5.91 Å². The predicted molar refractivity (Wildman–Crippen MR) is 106 cm³/mol. The summed E-state index contributed by atoms with van der Waals surface area (Å²) in [5.41, 5.74) is 8.42. The topological polar surface area (TPSA) is 87.5 Å². The van der Waals surface area contributed by atoms with Gasteiger partial charge in [-0.1, -0.05) is 36.4 Å². The molecule has 2 aromatic carbocycles. The van der Waals surface area contributed by atoms with Crippen LogP contribution in [0.1, 0.15) is 12.0 Å². The summed E-state index contributed by atoms with van der Waals surface area (Å²) in [6.07, 6.45) is 1.37. The monoisotopic (exact) mass is 374 g/mol. The first kappa shape index (κ1) is 19.8. The predicted octanol–water partition coefficient (Wildman–Crippen LogP) is 2.54. The van der Waals surface area contributed by atoms with Gasteiger partial charge < -0.3 is 16.4 Å². The van der Waals surface area contributed by atoms with Crippen molar-refractivity contribution in [3.63, 3.8) is 0 Å². The highest BCUT2D eigenvalue weighted by molar-refractivity contribution is 5.97. The fourth-order valence-corrected chi connectivity index (χ4v) is 2.82. The molecule has 0 spiro atoms. The van der Waals surface area contributed by atoms with Crippen LogP contribution in [0.5, 0.6) is 0 Å². The number of hydrogen-bond acceptors (Lipinski definition) is 3. The van der Waals surface area contributed by atoms with Crippen molar-refractivity contribution in [2.75, 3.05) is 23.3 Å². The van der Waals surface area contributed by atoms with Gasteiger partial charge in [-0.25, -0.2) is 4.79 Å². The highest BCUT2D eigenvalue weighted by Crippen LogP contribution is 2.21. The summed E-state index contributed by atoms with van der Waals surface area (Å²) < 4.78 is 0. The Hall–Kier alpha value is -2.57. The van der Waals surface area contributed by atoms with E-state index < -0.39 is 6.04 Å². The summed E-state index contributed by atoms with van der Waals surface area (Å²) >= 11 is 0. The van der Waals surface area contributed by atoms with E-state index >= 15 is 0 Å². The first-order valence-electron chi connectivity index (χ1n) is 8.39. The van der Waals surface area contributed by atoms with Crippen LogP contribution in [0.15, 0.2) is 54.6 Å². The van der Waals surface area contributed by atoms with Gasteiger partial charge in [-0.05, 0) is 36.6 Å². The number of halogens is 1. The molecule has 0 radical (unpaired) electrons. The number of rotatable bonds is 5. The first-order chi connectivity index (χ1) is 12.1. The molecule has 0 bridgehead atoms. The molecule has 2 aromatic rings. The van der Waals surface area contributed by atoms with E-state index in [0.29, 0.717) is 25.2 Å². The van der Waals surface area contributed by atoms with Gasteiger partial charge in [-0.2, -0.15) is 0 Å². The number of nitrogens with zero attached hydrogens (tertiary/aromatic N) is 1. The third-order valence-electron chi connectivity index (χ3n) is 4.14. The van der Waals surface area contributed by atoms with Crippen molar-refractivity contribution < 1.29 is 9.59 Å². The van der Waals surface area contributed by atoms with E-state index in [4.69, 9.17) is 5.73 Å². The van der Waals surface area contributed by atoms with E-state index in [1.807, 2.05) is 42.5 Å². The average molecular weight is 375 g/mol. The van der Waals surface area contributed by atoms with Gasteiger partial charge in [0.15, 0.2) is 0 Å². The Morgan fingerprint density at radius 3 is 2.69 bits per heavy atom. The van der Waals surface area contributed by atoms with Gasteiger partial charge in [0.1, 0.15) is 0 Å². The number of anilines is 2. The molecule has 138 valence electrons. The van der Waals surface area contributed by atoms with Crippen molar-refractivity contribution in [2.45, 2.75) is 18.9 Å². The number of benzene rings is 2. The lowest BCUT2D eigenvalue weighted by molar-refractivity contribution is -0.117. The van der Waals surface area contributed by atoms with E-state index in [9.17, 15) is 9.59 Å². The first-order valence-corrected chi connectivity index (χ1v) is 8.39. The molecule has 26 heavy (non-hydrogen) atoms. The highest BCUT2D eigenvalue weighted by atomic mass is 35.5. The molecule has 1 aliphatic rings. The second-order valence-electron chi connectivity index (χ2n) is 6.07. The maximum Gasteiger partial charge on any atom is 0.321 e. The molecular weight excluding hydrogens is 352 g/mol. The van der Waals surface area contributed by atoms with Gasteiger partial charge in [-0.15, -0.1) is 12.4 Å². The zero-order valence-corrected chi connectivity index (χ0v) is 15.2. The maximum atomic E-state index is 12.3. The molecule has 1 aliphatic heterocycles. The zero-order valence-electron chi connectivity index (χ0n) is 14.4. The fraction of sp³-hybridized carbons (Fsp3) is 0.263. The Morgan fingerprint density at radius 1 is 1.19 bits per heavy atom. The molecule has 6 nitrogen and oxygen atoms in total. The van der Waals surface area contributed by atoms with Crippen molar-refractivity contribution in [2.24, 2.45) is 5.73 Å². The summed E-state index contributed by atoms with van der Waals surface area (Å²) in [6.45, 7) is 1.36. The number of hydrogen-bond donors (Lipinski definition) is 3. The SMILES string of the molecule is Cl.N[C@@H](Cc1ccccc1)C(=O)Nc1cccc(N2CCCNC2=O)c1. The van der Waals surface area contributed by atoms with Crippen molar-refractivity contribution in [1.82, 2.24) is 5.32 Å². The number of nitrogens with one attached hydrogen (secondary N) is 2. The molecule has 1 heterocycles. The molecule has 3 amide bonds. The zero-order chi connectivity index (χ0) is 17.6. The van der Waals surface area contributed by atoms with Crippen LogP contribution in [0.4, 0.5) is 16.2 Å². The summed E-state index contributed by atoms with van der Waals surface area (Å²) in [4.78, 5) is 26.0. The summed E-state index contributed by atoms with van der Waals surface area (Å²) in [5.74, 6) is -0.246. The fourth-order valence-electron chi connectivity index (χ4n) is 2.82. The van der Waals surface area contributed by atoms with Crippen LogP contribution in [-0.4, -0.2) is 31.1 Å². The largest absolute Gasteiger partial charge is 0.338 e. The lowest BCUT2D eigenvalue weighted by Gasteiger charge is -2.27. The van der Waals surface area contributed by atoms with Crippen LogP contribution >= 0.6 is 12.4 Å². The number of carbonyl (C=O) groups is 2. The molecular formula is C19H23ClN4O2. The van der Waals surface area contributed by atoms with E-state index in [2.05, 4.69) is 10.6 Å². The Labute approximate surface area is 159 Å². The molecule has 0 saturated carbocycles. The highest BCUT2D eigenvalue weighted by Gasteiger charge is 2.20. The van der Waals surface area contributed by atoms with Crippen molar-refractivity contribution in [3.05, 3.63) is 60.2 Å². The second kappa shape index (κ2) is 9.22. The van der Waals surface area contributed by atoms with E-state index in [1.54, 1.807) is 17.0 Å². The lowest BCUT2D eigenvalue weighted by Crippen LogP contribution is -2.46. The summed E-state index contributed by atoms with van der Waals surface area (Å²) in [6, 6.07) is 16.2. The Kier molecular flexibility index (Phi) is 7.00. The number of urea groups is 1. The standard InChI is InChI=1S/C19H22N4O2.ClH/c20-17(12-14-6-2-1-3-7-14)18(24)22-15-8-4-9-16(13-15)23-11-5-10-21-19(23)25;/h1-4,6-9,13,17H,5,10-12,20H2,(H,21,25)(H,22,24);1H/t17-;/m0./s1. The van der Waals surface area contributed by atoms with E-state index in [1.165, 1.54) is 0 Å². The minimum Gasteiger partial charge on any atom is -0.338 e. The van der Waals surface area contributed by atoms with Gasteiger partial charge in [0.05, 0.1) is 6.04 Å². The molecule has 0 aliphatic carbocycles. The minimum atomic E-state index is -0.635. The van der Waals surface area contributed by atoms with Gasteiger partial charge in [0.25, 0.3) is 0 Å². The van der Waals surface area contributed by atoms with Crippen LogP contribution < -0.4 is 21.3 Å². The molecule has 7 heteroatoms. The Balaban J connectivity index is 0.00000243. The van der Waals surface area contributed by atoms with Gasteiger partial charge >= 0.3 is 6.03 Å². The molecule has 1 saturated heterocycles. The maximum absolute atomic E-state index is 12.3. The third kappa shape index (κ3) is 4.97. The minimum absolute atomic E-state index is 0. The average Bonchev–Trinajstić information content (AvgIpc) is 2.63. The molecule has 1 fully saturated rings. The normalized spacial score (nSPS) is 14.8. The van der Waals surface area contributed by atoms with Crippen molar-refractivity contribution in [1.29, 1.82) is 0 Å². The molecule has 0 aromatic heterocycles. The van der Waals surface area contributed by atoms with Gasteiger partial charge in [0, 0.05) is 24.5 Å². The second-order valence-corrected chi connectivity index (χ2v) is 6.07. The van der Waals surface area contributed by atoms with Crippen LogP contribution in [0.25, 0.3) is 0 Å². The summed E-state index contributed by atoms with van der Waals surface area (Å²) in [5, 5.41) is 5.65. The van der Waals surface area contributed by atoms with E-state index in [-0.39, 0.29) is 24.3 Å². The Morgan fingerprint density at radius 2 is 1.96 bits per heavy atom. The van der Waals surface area contributed by atoms with Crippen molar-refractivity contribution >= 4 is 35.7 Å². The van der Waals surface area contributed by atoms with E-state index in [0.717, 1.165) is 17.7 Å². The van der Waals surface area contributed by atoms with Crippen LogP contribution in [0.3, 0.4) is 0 Å². The van der Waals surface area contributed by atoms with Gasteiger partial charge in [-0.3, -0.25) is 9.69 Å². The molecule has 4 N–H and O–H groups in total. The third-order valence-corrected chi connectivity index (χ3v) is 4.14. The lowest BCUT2D eigenvalue weighted by atomic mass is 10.1. The molecule has 1 atom stereocenters. The van der Waals surface area contributed by atoms with Crippen LogP contribution in [0.2, 0.25) is 0 Å². The molecule has 3 rings (SSSR count). The Bertz CT molecular complexity index is 754. The number of amides is 3. The summed E-state index contributed by atoms with van der Waals surface area (Å²) in [7, 11) is 0. The molecule has 0 unspecified atom stereocenters. The smallest absolute Gasteiger partial charge is 0.321 e. The van der Waals surface area contributed by atoms with Crippen LogP contribution in [-0.2, 0) is 11.2 Å². The number of carbonyl (C=O) groups excluding carboxylic acids is 2.